The Morgan fingerprint density at radius 1 is 0.960 bits per heavy atom. The Balaban J connectivity index is 1.81. The zero-order chi connectivity index (χ0) is 17.6. The first-order valence-corrected chi connectivity index (χ1v) is 8.79. The van der Waals surface area contributed by atoms with E-state index in [-0.39, 0.29) is 11.7 Å². The monoisotopic (exact) mass is 330 g/mol. The molecule has 0 amide bonds. The Morgan fingerprint density at radius 3 is 2.40 bits per heavy atom. The molecule has 1 heterocycles. The number of hydrogen-bond acceptors (Lipinski definition) is 2. The summed E-state index contributed by atoms with van der Waals surface area (Å²) in [6.07, 6.45) is 1.42. The van der Waals surface area contributed by atoms with Gasteiger partial charge in [0.05, 0.1) is 22.6 Å². The van der Waals surface area contributed by atoms with Crippen molar-refractivity contribution in [1.29, 1.82) is 0 Å². The zero-order valence-electron chi connectivity index (χ0n) is 14.9. The van der Waals surface area contributed by atoms with Gasteiger partial charge in [-0.05, 0) is 56.4 Å². The summed E-state index contributed by atoms with van der Waals surface area (Å²) in [5, 5.41) is 4.69. The molecule has 0 bridgehead atoms. The summed E-state index contributed by atoms with van der Waals surface area (Å²) in [6.45, 7) is 6.14. The van der Waals surface area contributed by atoms with Crippen LogP contribution < -0.4 is 0 Å². The van der Waals surface area contributed by atoms with Crippen molar-refractivity contribution < 1.29 is 4.79 Å². The van der Waals surface area contributed by atoms with Gasteiger partial charge in [-0.2, -0.15) is 5.10 Å². The van der Waals surface area contributed by atoms with Crippen molar-refractivity contribution in [2.24, 2.45) is 0 Å². The molecule has 3 aromatic rings. The summed E-state index contributed by atoms with van der Waals surface area (Å²) in [6, 6.07) is 16.7. The van der Waals surface area contributed by atoms with E-state index in [4.69, 9.17) is 0 Å². The lowest BCUT2D eigenvalue weighted by Crippen LogP contribution is -2.21. The molecule has 1 atom stereocenters. The van der Waals surface area contributed by atoms with Crippen molar-refractivity contribution in [2.45, 2.75) is 39.5 Å². The summed E-state index contributed by atoms with van der Waals surface area (Å²) in [5.41, 5.74) is 7.47. The second-order valence-electron chi connectivity index (χ2n) is 7.04. The third-order valence-electron chi connectivity index (χ3n) is 5.21. The van der Waals surface area contributed by atoms with Gasteiger partial charge in [-0.3, -0.25) is 4.79 Å². The van der Waals surface area contributed by atoms with Crippen LogP contribution >= 0.6 is 0 Å². The van der Waals surface area contributed by atoms with Crippen LogP contribution in [0.1, 0.15) is 50.8 Å². The molecule has 4 rings (SSSR count). The number of nitrogens with zero attached hydrogens (tertiary/aromatic N) is 2. The molecule has 0 saturated carbocycles. The smallest absolute Gasteiger partial charge is 0.167 e. The van der Waals surface area contributed by atoms with Gasteiger partial charge in [-0.1, -0.05) is 42.0 Å². The highest BCUT2D eigenvalue weighted by molar-refractivity contribution is 6.00. The molecule has 126 valence electrons. The molecule has 3 heteroatoms. The van der Waals surface area contributed by atoms with E-state index in [9.17, 15) is 4.79 Å². The molecule has 1 aliphatic carbocycles. The van der Waals surface area contributed by atoms with Gasteiger partial charge in [-0.25, -0.2) is 4.68 Å². The Kier molecular flexibility index (Phi) is 3.79. The lowest BCUT2D eigenvalue weighted by Gasteiger charge is -2.24. The maximum Gasteiger partial charge on any atom is 0.167 e. The van der Waals surface area contributed by atoms with E-state index in [2.05, 4.69) is 67.5 Å². The molecule has 0 N–H and O–H groups in total. The predicted molar refractivity (Wildman–Crippen MR) is 99.6 cm³/mol. The average Bonchev–Trinajstić information content (AvgIpc) is 2.93. The van der Waals surface area contributed by atoms with Crippen LogP contribution in [0.25, 0.3) is 5.69 Å². The highest BCUT2D eigenvalue weighted by atomic mass is 16.1. The van der Waals surface area contributed by atoms with E-state index >= 15 is 0 Å². The fourth-order valence-corrected chi connectivity index (χ4v) is 3.92. The fourth-order valence-electron chi connectivity index (χ4n) is 3.92. The van der Waals surface area contributed by atoms with Gasteiger partial charge in [0.25, 0.3) is 0 Å². The van der Waals surface area contributed by atoms with Crippen molar-refractivity contribution in [2.75, 3.05) is 0 Å². The van der Waals surface area contributed by atoms with Crippen LogP contribution in [0.4, 0.5) is 0 Å². The Labute approximate surface area is 148 Å². The van der Waals surface area contributed by atoms with Crippen molar-refractivity contribution in [3.8, 4) is 5.69 Å². The molecular formula is C22H22N2O. The summed E-state index contributed by atoms with van der Waals surface area (Å²) in [7, 11) is 0. The van der Waals surface area contributed by atoms with Crippen LogP contribution in [0.15, 0.2) is 48.5 Å². The second-order valence-corrected chi connectivity index (χ2v) is 7.04. The first-order chi connectivity index (χ1) is 12.0. The molecule has 0 saturated heterocycles. The molecule has 3 nitrogen and oxygen atoms in total. The quantitative estimate of drug-likeness (QED) is 0.682. The van der Waals surface area contributed by atoms with Crippen LogP contribution in [0.5, 0.6) is 0 Å². The summed E-state index contributed by atoms with van der Waals surface area (Å²) < 4.78 is 1.96. The van der Waals surface area contributed by atoms with Gasteiger partial charge in [0.1, 0.15) is 0 Å². The SMILES string of the molecule is Cc1ccc(-n2nc(C)c3c2CC(c2ccccc2C)CC3=O)cc1. The molecular weight excluding hydrogens is 308 g/mol. The summed E-state index contributed by atoms with van der Waals surface area (Å²) in [4.78, 5) is 12.8. The topological polar surface area (TPSA) is 34.9 Å². The standard InChI is InChI=1S/C22H22N2O/c1-14-8-10-18(11-9-14)24-20-12-17(19-7-5-4-6-15(19)2)13-21(25)22(20)16(3)23-24/h4-11,17H,12-13H2,1-3H3. The molecule has 0 aliphatic heterocycles. The lowest BCUT2D eigenvalue weighted by atomic mass is 9.80. The zero-order valence-corrected chi connectivity index (χ0v) is 14.9. The van der Waals surface area contributed by atoms with Crippen LogP contribution in [0, 0.1) is 20.8 Å². The molecule has 0 radical (unpaired) electrons. The molecule has 25 heavy (non-hydrogen) atoms. The number of aromatic nitrogens is 2. The number of benzene rings is 2. The average molecular weight is 330 g/mol. The second kappa shape index (κ2) is 5.99. The molecule has 0 spiro atoms. The van der Waals surface area contributed by atoms with E-state index in [0.717, 1.165) is 29.1 Å². The number of ketones is 1. The Hall–Kier alpha value is -2.68. The Bertz CT molecular complexity index is 951. The maximum atomic E-state index is 12.8. The van der Waals surface area contributed by atoms with Crippen molar-refractivity contribution in [3.63, 3.8) is 0 Å². The third kappa shape index (κ3) is 2.70. The van der Waals surface area contributed by atoms with E-state index < -0.39 is 0 Å². The van der Waals surface area contributed by atoms with Crippen LogP contribution in [-0.4, -0.2) is 15.6 Å². The lowest BCUT2D eigenvalue weighted by molar-refractivity contribution is 0.0963. The maximum absolute atomic E-state index is 12.8. The Morgan fingerprint density at radius 2 is 1.68 bits per heavy atom. The first-order valence-electron chi connectivity index (χ1n) is 8.79. The van der Waals surface area contributed by atoms with E-state index in [1.54, 1.807) is 0 Å². The van der Waals surface area contributed by atoms with Crippen LogP contribution in [-0.2, 0) is 6.42 Å². The molecule has 2 aromatic carbocycles. The highest BCUT2D eigenvalue weighted by Gasteiger charge is 2.32. The van der Waals surface area contributed by atoms with Crippen LogP contribution in [0.3, 0.4) is 0 Å². The number of hydrogen-bond donors (Lipinski definition) is 0. The van der Waals surface area contributed by atoms with Gasteiger partial charge < -0.3 is 0 Å². The minimum absolute atomic E-state index is 0.213. The molecule has 1 aromatic heterocycles. The fraction of sp³-hybridized carbons (Fsp3) is 0.273. The predicted octanol–water partition coefficient (Wildman–Crippen LogP) is 4.71. The summed E-state index contributed by atoms with van der Waals surface area (Å²) in [5.74, 6) is 0.437. The van der Waals surface area contributed by atoms with Crippen LogP contribution in [0.2, 0.25) is 0 Å². The summed E-state index contributed by atoms with van der Waals surface area (Å²) >= 11 is 0. The van der Waals surface area contributed by atoms with Gasteiger partial charge >= 0.3 is 0 Å². The number of aryl methyl sites for hydroxylation is 3. The van der Waals surface area contributed by atoms with E-state index in [0.29, 0.717) is 6.42 Å². The molecule has 1 aliphatic rings. The van der Waals surface area contributed by atoms with Crippen molar-refractivity contribution in [3.05, 3.63) is 82.2 Å². The third-order valence-corrected chi connectivity index (χ3v) is 5.21. The number of carbonyl (C=O) groups excluding carboxylic acids is 1. The normalized spacial score (nSPS) is 16.8. The highest BCUT2D eigenvalue weighted by Crippen LogP contribution is 2.36. The number of carbonyl (C=O) groups is 1. The number of Topliss-reactive ketones (excluding diaryl/α,β-unsaturated/α-hetero) is 1. The van der Waals surface area contributed by atoms with Crippen molar-refractivity contribution in [1.82, 2.24) is 9.78 Å². The van der Waals surface area contributed by atoms with Crippen molar-refractivity contribution >= 4 is 5.78 Å². The van der Waals surface area contributed by atoms with Gasteiger partial charge in [0, 0.05) is 6.42 Å². The minimum atomic E-state index is 0.213. The van der Waals surface area contributed by atoms with E-state index in [1.807, 2.05) is 11.6 Å². The van der Waals surface area contributed by atoms with Gasteiger partial charge in [-0.15, -0.1) is 0 Å². The number of fused-ring (bicyclic) bond motifs is 1. The molecule has 1 unspecified atom stereocenters. The molecule has 0 fully saturated rings. The largest absolute Gasteiger partial charge is 0.294 e. The minimum Gasteiger partial charge on any atom is -0.294 e. The van der Waals surface area contributed by atoms with Gasteiger partial charge in [0.2, 0.25) is 0 Å². The number of rotatable bonds is 2. The first kappa shape index (κ1) is 15.8. The van der Waals surface area contributed by atoms with Gasteiger partial charge in [0.15, 0.2) is 5.78 Å². The van der Waals surface area contributed by atoms with E-state index in [1.165, 1.54) is 16.7 Å².